The minimum atomic E-state index is -1.39. The van der Waals surface area contributed by atoms with Crippen LogP contribution in [-0.4, -0.2) is 20.6 Å². The molecule has 7 heteroatoms. The highest BCUT2D eigenvalue weighted by molar-refractivity contribution is 6.43. The zero-order chi connectivity index (χ0) is 12.7. The number of aromatic nitrogens is 2. The lowest BCUT2D eigenvalue weighted by Gasteiger charge is -2.09. The lowest BCUT2D eigenvalue weighted by Crippen LogP contribution is -2.25. The highest BCUT2D eigenvalue weighted by Gasteiger charge is 2.21. The third-order valence-electron chi connectivity index (χ3n) is 2.37. The van der Waals surface area contributed by atoms with Crippen LogP contribution in [0.15, 0.2) is 17.1 Å². The number of fused-ring (bicyclic) bond motifs is 1. The molecule has 0 amide bonds. The fourth-order valence-corrected chi connectivity index (χ4v) is 2.19. The van der Waals surface area contributed by atoms with Crippen molar-refractivity contribution >= 4 is 40.2 Å². The maximum Gasteiger partial charge on any atom is 0.342 e. The van der Waals surface area contributed by atoms with Crippen molar-refractivity contribution in [2.75, 3.05) is 0 Å². The Labute approximate surface area is 105 Å². The van der Waals surface area contributed by atoms with Crippen molar-refractivity contribution in [3.05, 3.63) is 38.2 Å². The molecule has 0 aliphatic carbocycles. The Bertz CT molecular complexity index is 694. The van der Waals surface area contributed by atoms with Gasteiger partial charge in [-0.1, -0.05) is 23.2 Å². The molecule has 0 aliphatic heterocycles. The third-order valence-corrected chi connectivity index (χ3v) is 3.06. The van der Waals surface area contributed by atoms with Gasteiger partial charge in [0.2, 0.25) is 0 Å². The van der Waals surface area contributed by atoms with E-state index in [0.717, 1.165) is 4.57 Å². The predicted molar refractivity (Wildman–Crippen MR) is 64.0 cm³/mol. The Morgan fingerprint density at radius 3 is 2.71 bits per heavy atom. The van der Waals surface area contributed by atoms with Crippen LogP contribution in [0.1, 0.15) is 10.4 Å². The van der Waals surface area contributed by atoms with Gasteiger partial charge in [0.25, 0.3) is 5.56 Å². The van der Waals surface area contributed by atoms with Crippen LogP contribution in [0.25, 0.3) is 11.0 Å². The normalized spacial score (nSPS) is 10.8. The Balaban J connectivity index is 3.13. The summed E-state index contributed by atoms with van der Waals surface area (Å²) in [6.07, 6.45) is 1.42. The van der Waals surface area contributed by atoms with Crippen LogP contribution in [0.3, 0.4) is 0 Å². The van der Waals surface area contributed by atoms with E-state index in [1.807, 2.05) is 0 Å². The molecule has 2 heterocycles. The fourth-order valence-electron chi connectivity index (χ4n) is 1.55. The van der Waals surface area contributed by atoms with Crippen LogP contribution < -0.4 is 5.56 Å². The first-order valence-electron chi connectivity index (χ1n) is 4.51. The van der Waals surface area contributed by atoms with Crippen molar-refractivity contribution in [1.29, 1.82) is 0 Å². The first-order chi connectivity index (χ1) is 7.95. The second-order valence-corrected chi connectivity index (χ2v) is 4.13. The Hall–Kier alpha value is -1.59. The fraction of sp³-hybridized carbons (Fsp3) is 0.100. The van der Waals surface area contributed by atoms with Crippen molar-refractivity contribution in [3.8, 4) is 0 Å². The number of aromatic carboxylic acids is 1. The topological polar surface area (TPSA) is 72.2 Å². The van der Waals surface area contributed by atoms with Gasteiger partial charge in [-0.25, -0.2) is 9.78 Å². The summed E-state index contributed by atoms with van der Waals surface area (Å²) < 4.78 is 1.11. The molecule has 0 atom stereocenters. The molecule has 2 aromatic rings. The standard InChI is InChI=1S/C10H6Cl2N2O3/c1-14-8-5(4(11)2-3-13-8)7(12)6(9(14)15)10(16)17/h2-3H,1H3,(H,16,17). The summed E-state index contributed by atoms with van der Waals surface area (Å²) in [4.78, 5) is 26.7. The van der Waals surface area contributed by atoms with Gasteiger partial charge >= 0.3 is 5.97 Å². The lowest BCUT2D eigenvalue weighted by molar-refractivity contribution is 0.0695. The Morgan fingerprint density at radius 1 is 1.47 bits per heavy atom. The van der Waals surface area contributed by atoms with Gasteiger partial charge in [-0.2, -0.15) is 0 Å². The van der Waals surface area contributed by atoms with Crippen LogP contribution in [0.5, 0.6) is 0 Å². The lowest BCUT2D eigenvalue weighted by atomic mass is 10.2. The van der Waals surface area contributed by atoms with Crippen molar-refractivity contribution in [2.24, 2.45) is 7.05 Å². The maximum atomic E-state index is 11.8. The molecule has 0 radical (unpaired) electrons. The van der Waals surface area contributed by atoms with Crippen molar-refractivity contribution < 1.29 is 9.90 Å². The number of aryl methyl sites for hydroxylation is 1. The minimum absolute atomic E-state index is 0.186. The van der Waals surface area contributed by atoms with E-state index < -0.39 is 17.1 Å². The molecule has 88 valence electrons. The molecule has 0 saturated heterocycles. The zero-order valence-electron chi connectivity index (χ0n) is 8.57. The molecule has 0 unspecified atom stereocenters. The first-order valence-corrected chi connectivity index (χ1v) is 5.26. The number of nitrogens with zero attached hydrogens (tertiary/aromatic N) is 2. The van der Waals surface area contributed by atoms with Crippen LogP contribution in [0.4, 0.5) is 0 Å². The average Bonchev–Trinajstić information content (AvgIpc) is 2.25. The van der Waals surface area contributed by atoms with Crippen molar-refractivity contribution in [1.82, 2.24) is 9.55 Å². The first kappa shape index (κ1) is 11.9. The average molecular weight is 273 g/mol. The highest BCUT2D eigenvalue weighted by atomic mass is 35.5. The number of halogens is 2. The van der Waals surface area contributed by atoms with E-state index in [-0.39, 0.29) is 21.1 Å². The number of hydrogen-bond donors (Lipinski definition) is 1. The van der Waals surface area contributed by atoms with E-state index in [9.17, 15) is 9.59 Å². The molecule has 0 bridgehead atoms. The summed E-state index contributed by atoms with van der Waals surface area (Å²) in [7, 11) is 1.41. The van der Waals surface area contributed by atoms with Gasteiger partial charge in [0.15, 0.2) is 0 Å². The molecular formula is C10H6Cl2N2O3. The number of carbonyl (C=O) groups is 1. The van der Waals surface area contributed by atoms with E-state index in [1.54, 1.807) is 0 Å². The predicted octanol–water partition coefficient (Wildman–Crippen LogP) is 1.94. The quantitative estimate of drug-likeness (QED) is 0.861. The van der Waals surface area contributed by atoms with Crippen LogP contribution >= 0.6 is 23.2 Å². The molecule has 0 aromatic carbocycles. The summed E-state index contributed by atoms with van der Waals surface area (Å²) in [6.45, 7) is 0. The van der Waals surface area contributed by atoms with Crippen LogP contribution in [0, 0.1) is 0 Å². The third kappa shape index (κ3) is 1.67. The smallest absolute Gasteiger partial charge is 0.342 e. The maximum absolute atomic E-state index is 11.8. The van der Waals surface area contributed by atoms with Gasteiger partial charge in [-0.3, -0.25) is 9.36 Å². The molecular weight excluding hydrogens is 267 g/mol. The van der Waals surface area contributed by atoms with Crippen LogP contribution in [-0.2, 0) is 7.05 Å². The zero-order valence-corrected chi connectivity index (χ0v) is 10.1. The van der Waals surface area contributed by atoms with Crippen LogP contribution in [0.2, 0.25) is 10.0 Å². The molecule has 0 fully saturated rings. The largest absolute Gasteiger partial charge is 0.477 e. The molecule has 2 aromatic heterocycles. The number of rotatable bonds is 1. The molecule has 0 spiro atoms. The molecule has 2 rings (SSSR count). The minimum Gasteiger partial charge on any atom is -0.477 e. The number of carboxylic acids is 1. The van der Waals surface area contributed by atoms with E-state index in [1.165, 1.54) is 19.3 Å². The molecule has 0 saturated carbocycles. The summed E-state index contributed by atoms with van der Waals surface area (Å²) in [5.41, 5.74) is -0.973. The van der Waals surface area contributed by atoms with Crippen molar-refractivity contribution in [3.63, 3.8) is 0 Å². The second kappa shape index (κ2) is 4.01. The Morgan fingerprint density at radius 2 is 2.12 bits per heavy atom. The number of carboxylic acid groups (broad SMARTS) is 1. The number of hydrogen-bond acceptors (Lipinski definition) is 3. The summed E-state index contributed by atoms with van der Waals surface area (Å²) in [5.74, 6) is -1.39. The van der Waals surface area contributed by atoms with E-state index in [2.05, 4.69) is 4.98 Å². The molecule has 0 aliphatic rings. The van der Waals surface area contributed by atoms with E-state index in [4.69, 9.17) is 28.3 Å². The highest BCUT2D eigenvalue weighted by Crippen LogP contribution is 2.29. The molecule has 1 N–H and O–H groups in total. The van der Waals surface area contributed by atoms with E-state index >= 15 is 0 Å². The Kier molecular flexibility index (Phi) is 2.81. The van der Waals surface area contributed by atoms with Gasteiger partial charge < -0.3 is 5.11 Å². The number of pyridine rings is 2. The summed E-state index contributed by atoms with van der Waals surface area (Å²) in [5, 5.41) is 9.28. The summed E-state index contributed by atoms with van der Waals surface area (Å²) >= 11 is 11.8. The van der Waals surface area contributed by atoms with Gasteiger partial charge in [0.05, 0.1) is 15.4 Å². The molecule has 17 heavy (non-hydrogen) atoms. The van der Waals surface area contributed by atoms with E-state index in [0.29, 0.717) is 0 Å². The second-order valence-electron chi connectivity index (χ2n) is 3.35. The SMILES string of the molecule is Cn1c(=O)c(C(=O)O)c(Cl)c2c(Cl)ccnc21. The van der Waals surface area contributed by atoms with Crippen molar-refractivity contribution in [2.45, 2.75) is 0 Å². The van der Waals surface area contributed by atoms with Gasteiger partial charge in [-0.15, -0.1) is 0 Å². The monoisotopic (exact) mass is 272 g/mol. The van der Waals surface area contributed by atoms with Gasteiger partial charge in [0.1, 0.15) is 11.2 Å². The summed E-state index contributed by atoms with van der Waals surface area (Å²) in [6, 6.07) is 1.48. The van der Waals surface area contributed by atoms with Gasteiger partial charge in [-0.05, 0) is 6.07 Å². The van der Waals surface area contributed by atoms with Gasteiger partial charge in [0, 0.05) is 13.2 Å². The molecule has 5 nitrogen and oxygen atoms in total.